The molecule has 8 bridgehead atoms. The Morgan fingerprint density at radius 1 is 0.800 bits per heavy atom. The first kappa shape index (κ1) is 33.8. The summed E-state index contributed by atoms with van der Waals surface area (Å²) in [5, 5.41) is 39.7. The van der Waals surface area contributed by atoms with Gasteiger partial charge in [-0.3, -0.25) is 19.4 Å². The van der Waals surface area contributed by atoms with Crippen LogP contribution >= 0.6 is 0 Å². The number of hydrogen-bond donors (Lipinski definition) is 6. The normalized spacial score (nSPS) is 18.3. The molecule has 0 amide bonds. The average Bonchev–Trinajstić information content (AvgIpc) is 3.69. The highest BCUT2D eigenvalue weighted by atomic mass is 16.4. The number of nitrogens with zero attached hydrogens (tertiary/aromatic N) is 2. The molecule has 12 nitrogen and oxygen atoms in total. The van der Waals surface area contributed by atoms with Crippen molar-refractivity contribution in [2.75, 3.05) is 0 Å². The van der Waals surface area contributed by atoms with E-state index in [0.717, 1.165) is 22.3 Å². The van der Waals surface area contributed by atoms with E-state index in [1.165, 1.54) is 6.08 Å². The topological polar surface area (TPSA) is 207 Å². The molecule has 0 radical (unpaired) electrons. The molecule has 50 heavy (non-hydrogen) atoms. The van der Waals surface area contributed by atoms with Gasteiger partial charge in [-0.1, -0.05) is 24.8 Å². The summed E-state index contributed by atoms with van der Waals surface area (Å²) in [4.78, 5) is 65.3. The minimum Gasteiger partial charge on any atom is -0.481 e. The number of aromatic nitrogens is 4. The van der Waals surface area contributed by atoms with E-state index < -0.39 is 35.2 Å². The van der Waals surface area contributed by atoms with Crippen molar-refractivity contribution in [3.63, 3.8) is 0 Å². The number of H-pyrrole nitrogens is 2. The number of rotatable bonds is 9. The third-order valence-electron chi connectivity index (χ3n) is 10.1. The lowest BCUT2D eigenvalue weighted by Crippen LogP contribution is -2.41. The third-order valence-corrected chi connectivity index (χ3v) is 10.1. The average molecular weight is 677 g/mol. The number of aromatic amines is 2. The van der Waals surface area contributed by atoms with Crippen LogP contribution in [0, 0.1) is 19.8 Å². The van der Waals surface area contributed by atoms with E-state index in [2.05, 4.69) is 16.5 Å². The first-order valence-electron chi connectivity index (χ1n) is 16.1. The Morgan fingerprint density at radius 3 is 2.06 bits per heavy atom. The Hall–Kier alpha value is -6.04. The number of aliphatic carboxylic acids is 4. The molecule has 0 saturated carbocycles. The van der Waals surface area contributed by atoms with Gasteiger partial charge in [0.15, 0.2) is 0 Å². The highest BCUT2D eigenvalue weighted by Crippen LogP contribution is 2.52. The number of fused-ring (bicyclic) bond motifs is 11. The SMILES string of the molecule is C=Cc1c(C)c2cc3nc(cc4[nH]c(cc5nc(cc1[nH]2)C(C)=C5CCC(=O)O)c(CCC(=O)O)c4C)[C@@]1(C)C3=CC=C(C(=O)O)[C@H]1C(=O)O. The van der Waals surface area contributed by atoms with Crippen molar-refractivity contribution in [2.45, 2.75) is 58.8 Å². The lowest BCUT2D eigenvalue weighted by atomic mass is 9.64. The summed E-state index contributed by atoms with van der Waals surface area (Å²) in [6.45, 7) is 11.3. The minimum atomic E-state index is -1.47. The van der Waals surface area contributed by atoms with Crippen LogP contribution in [-0.4, -0.2) is 64.2 Å². The van der Waals surface area contributed by atoms with E-state index in [1.807, 2.05) is 32.9 Å². The number of allylic oxidation sites excluding steroid dienone is 5. The molecule has 0 saturated heterocycles. The van der Waals surface area contributed by atoms with Crippen molar-refractivity contribution >= 4 is 68.7 Å². The standard InChI is InChI=1S/C38H36N4O8/c1-6-20-17(2)26-14-31-24-10-7-23(36(47)48)35(37(49)50)38(24,5)32(42-31)16-27-19(4)22(9-12-34(45)46)30(41-27)15-29-21(8-11-33(43)44)18(3)25(40-29)13-28(20)39-26/h6-7,10,13-16,35,39,41H,1,8-9,11-12H2,2-5H3,(H,43,44)(H,45,46)(H,47,48)(H,49,50)/t35-,38+/m0/s1. The predicted molar refractivity (Wildman–Crippen MR) is 188 cm³/mol. The second-order valence-corrected chi connectivity index (χ2v) is 13.0. The Kier molecular flexibility index (Phi) is 8.42. The molecule has 0 unspecified atom stereocenters. The smallest absolute Gasteiger partial charge is 0.332 e. The molecule has 0 fully saturated rings. The fourth-order valence-corrected chi connectivity index (χ4v) is 7.38. The number of carboxylic acids is 4. The molecule has 5 heterocycles. The lowest BCUT2D eigenvalue weighted by Gasteiger charge is -2.35. The Balaban J connectivity index is 1.79. The van der Waals surface area contributed by atoms with Crippen molar-refractivity contribution in [3.05, 3.63) is 93.6 Å². The van der Waals surface area contributed by atoms with Crippen molar-refractivity contribution < 1.29 is 39.6 Å². The highest BCUT2D eigenvalue weighted by molar-refractivity contribution is 6.01. The van der Waals surface area contributed by atoms with Gasteiger partial charge >= 0.3 is 23.9 Å². The molecule has 2 aliphatic heterocycles. The third kappa shape index (κ3) is 5.52. The number of carboxylic acid groups (broad SMARTS) is 4. The van der Waals surface area contributed by atoms with Crippen molar-refractivity contribution in [2.24, 2.45) is 5.92 Å². The molecule has 6 N–H and O–H groups in total. The molecule has 2 atom stereocenters. The fourth-order valence-electron chi connectivity index (χ4n) is 7.38. The predicted octanol–water partition coefficient (Wildman–Crippen LogP) is 6.45. The molecule has 1 aliphatic carbocycles. The van der Waals surface area contributed by atoms with E-state index >= 15 is 0 Å². The van der Waals surface area contributed by atoms with E-state index in [4.69, 9.17) is 9.97 Å². The second-order valence-electron chi connectivity index (χ2n) is 13.0. The zero-order valence-corrected chi connectivity index (χ0v) is 28.0. The van der Waals surface area contributed by atoms with E-state index in [-0.39, 0.29) is 31.3 Å². The Morgan fingerprint density at radius 2 is 1.42 bits per heavy atom. The van der Waals surface area contributed by atoms with Crippen LogP contribution in [0.1, 0.15) is 78.1 Å². The van der Waals surface area contributed by atoms with Crippen LogP contribution in [0.15, 0.2) is 48.6 Å². The number of aryl methyl sites for hydroxylation is 3. The summed E-state index contributed by atoms with van der Waals surface area (Å²) >= 11 is 0. The molecular weight excluding hydrogens is 640 g/mol. The highest BCUT2D eigenvalue weighted by Gasteiger charge is 2.53. The Bertz CT molecular complexity index is 2320. The maximum Gasteiger partial charge on any atom is 0.332 e. The van der Waals surface area contributed by atoms with Crippen LogP contribution in [-0.2, 0) is 31.0 Å². The second kappa shape index (κ2) is 12.4. The molecule has 3 aromatic heterocycles. The fraction of sp³-hybridized carbons (Fsp3) is 0.263. The van der Waals surface area contributed by atoms with Gasteiger partial charge < -0.3 is 30.4 Å². The zero-order valence-electron chi connectivity index (χ0n) is 28.0. The van der Waals surface area contributed by atoms with E-state index in [0.29, 0.717) is 61.5 Å². The molecule has 12 heteroatoms. The Labute approximate surface area is 286 Å². The zero-order chi connectivity index (χ0) is 36.2. The van der Waals surface area contributed by atoms with Gasteiger partial charge in [0.25, 0.3) is 0 Å². The molecule has 3 aliphatic rings. The van der Waals surface area contributed by atoms with Crippen LogP contribution < -0.4 is 0 Å². The quantitative estimate of drug-likeness (QED) is 0.146. The monoisotopic (exact) mass is 676 g/mol. The van der Waals surface area contributed by atoms with Gasteiger partial charge in [0.1, 0.15) is 5.92 Å². The first-order chi connectivity index (χ1) is 23.6. The number of hydrogen-bond acceptors (Lipinski definition) is 6. The van der Waals surface area contributed by atoms with Gasteiger partial charge in [-0.25, -0.2) is 9.78 Å². The van der Waals surface area contributed by atoms with Crippen LogP contribution in [0.3, 0.4) is 0 Å². The number of carbonyl (C=O) groups is 4. The van der Waals surface area contributed by atoms with Crippen molar-refractivity contribution in [1.29, 1.82) is 0 Å². The van der Waals surface area contributed by atoms with E-state index in [1.54, 1.807) is 31.2 Å². The number of nitrogens with one attached hydrogen (secondary N) is 2. The summed E-state index contributed by atoms with van der Waals surface area (Å²) in [5.41, 5.74) is 7.83. The van der Waals surface area contributed by atoms with Gasteiger partial charge in [0.2, 0.25) is 0 Å². The van der Waals surface area contributed by atoms with Gasteiger partial charge in [0, 0.05) is 40.5 Å². The van der Waals surface area contributed by atoms with Crippen molar-refractivity contribution in [1.82, 2.24) is 19.9 Å². The van der Waals surface area contributed by atoms with Crippen LogP contribution in [0.2, 0.25) is 0 Å². The molecular formula is C38H36N4O8. The molecule has 256 valence electrons. The van der Waals surface area contributed by atoms with Gasteiger partial charge in [-0.2, -0.15) is 0 Å². The largest absolute Gasteiger partial charge is 0.481 e. The summed E-state index contributed by atoms with van der Waals surface area (Å²) < 4.78 is 0. The minimum absolute atomic E-state index is 0.121. The summed E-state index contributed by atoms with van der Waals surface area (Å²) in [6, 6.07) is 7.17. The summed E-state index contributed by atoms with van der Waals surface area (Å²) in [7, 11) is 0. The van der Waals surface area contributed by atoms with Crippen LogP contribution in [0.4, 0.5) is 0 Å². The van der Waals surface area contributed by atoms with Gasteiger partial charge in [-0.05, 0) is 98.2 Å². The lowest BCUT2D eigenvalue weighted by molar-refractivity contribution is -0.145. The van der Waals surface area contributed by atoms with Gasteiger partial charge in [0.05, 0.1) is 33.8 Å². The van der Waals surface area contributed by atoms with E-state index in [9.17, 15) is 39.6 Å². The summed E-state index contributed by atoms with van der Waals surface area (Å²) in [6.07, 6.45) is 4.74. The molecule has 0 aromatic carbocycles. The molecule has 0 spiro atoms. The molecule has 6 rings (SSSR count). The van der Waals surface area contributed by atoms with Crippen molar-refractivity contribution in [3.8, 4) is 0 Å². The maximum absolute atomic E-state index is 12.9. The van der Waals surface area contributed by atoms with Crippen LogP contribution in [0.5, 0.6) is 0 Å². The molecule has 3 aromatic rings. The van der Waals surface area contributed by atoms with Crippen LogP contribution in [0.25, 0.3) is 44.9 Å². The maximum atomic E-state index is 12.9. The summed E-state index contributed by atoms with van der Waals surface area (Å²) in [5.74, 6) is -6.08. The van der Waals surface area contributed by atoms with Gasteiger partial charge in [-0.15, -0.1) is 0 Å². The first-order valence-corrected chi connectivity index (χ1v) is 16.1.